The SMILES string of the molecule is CC(C)OC(=O)c1cc(Cl)c(C(=O)OCc2ccccc2)cn1. The number of carbonyl (C=O) groups is 2. The molecule has 0 spiro atoms. The molecule has 0 saturated carbocycles. The Hall–Kier alpha value is -2.40. The minimum atomic E-state index is -0.602. The average molecular weight is 334 g/mol. The second-order valence-corrected chi connectivity index (χ2v) is 5.47. The molecule has 0 bridgehead atoms. The zero-order chi connectivity index (χ0) is 16.8. The third-order valence-corrected chi connectivity index (χ3v) is 3.15. The van der Waals surface area contributed by atoms with E-state index in [4.69, 9.17) is 21.1 Å². The molecule has 2 rings (SSSR count). The van der Waals surface area contributed by atoms with Gasteiger partial charge in [0, 0.05) is 6.20 Å². The third kappa shape index (κ3) is 4.79. The van der Waals surface area contributed by atoms with E-state index in [9.17, 15) is 9.59 Å². The molecule has 120 valence electrons. The summed E-state index contributed by atoms with van der Waals surface area (Å²) >= 11 is 6.04. The van der Waals surface area contributed by atoms with Crippen molar-refractivity contribution in [2.24, 2.45) is 0 Å². The first kappa shape index (κ1) is 17.0. The number of hydrogen-bond acceptors (Lipinski definition) is 5. The normalized spacial score (nSPS) is 10.4. The third-order valence-electron chi connectivity index (χ3n) is 2.84. The van der Waals surface area contributed by atoms with Crippen LogP contribution in [0.4, 0.5) is 0 Å². The van der Waals surface area contributed by atoms with E-state index in [1.807, 2.05) is 30.3 Å². The van der Waals surface area contributed by atoms with Crippen molar-refractivity contribution < 1.29 is 19.1 Å². The minimum absolute atomic E-state index is 0.0447. The van der Waals surface area contributed by atoms with Crippen molar-refractivity contribution in [3.05, 3.63) is 64.4 Å². The summed E-state index contributed by atoms with van der Waals surface area (Å²) in [5, 5.41) is 0.0915. The van der Waals surface area contributed by atoms with Gasteiger partial charge in [-0.05, 0) is 25.5 Å². The standard InChI is InChI=1S/C17H16ClNO4/c1-11(2)23-17(21)15-8-14(18)13(9-19-15)16(20)22-10-12-6-4-3-5-7-12/h3-9,11H,10H2,1-2H3. The fourth-order valence-electron chi connectivity index (χ4n) is 1.77. The Labute approximate surface area is 139 Å². The maximum absolute atomic E-state index is 12.0. The van der Waals surface area contributed by atoms with E-state index in [1.165, 1.54) is 12.3 Å². The smallest absolute Gasteiger partial charge is 0.357 e. The maximum atomic E-state index is 12.0. The van der Waals surface area contributed by atoms with E-state index in [0.717, 1.165) is 5.56 Å². The number of ether oxygens (including phenoxy) is 2. The number of aromatic nitrogens is 1. The molecule has 23 heavy (non-hydrogen) atoms. The second kappa shape index (κ2) is 7.74. The van der Waals surface area contributed by atoms with Gasteiger partial charge in [-0.1, -0.05) is 41.9 Å². The summed E-state index contributed by atoms with van der Waals surface area (Å²) in [7, 11) is 0. The van der Waals surface area contributed by atoms with E-state index in [1.54, 1.807) is 13.8 Å². The predicted octanol–water partition coefficient (Wildman–Crippen LogP) is 3.66. The zero-order valence-corrected chi connectivity index (χ0v) is 13.5. The van der Waals surface area contributed by atoms with Crippen molar-refractivity contribution in [2.75, 3.05) is 0 Å². The molecule has 0 fully saturated rings. The molecule has 1 aromatic carbocycles. The molecule has 0 aliphatic heterocycles. The van der Waals surface area contributed by atoms with Crippen LogP contribution in [0.5, 0.6) is 0 Å². The van der Waals surface area contributed by atoms with Crippen LogP contribution in [-0.4, -0.2) is 23.0 Å². The lowest BCUT2D eigenvalue weighted by Crippen LogP contribution is -2.14. The molecule has 0 N–H and O–H groups in total. The van der Waals surface area contributed by atoms with E-state index >= 15 is 0 Å². The van der Waals surface area contributed by atoms with Crippen molar-refractivity contribution in [1.82, 2.24) is 4.98 Å². The van der Waals surface area contributed by atoms with Crippen molar-refractivity contribution in [3.63, 3.8) is 0 Å². The van der Waals surface area contributed by atoms with Gasteiger partial charge in [0.05, 0.1) is 16.7 Å². The van der Waals surface area contributed by atoms with E-state index in [0.29, 0.717) is 0 Å². The fourth-order valence-corrected chi connectivity index (χ4v) is 2.00. The van der Waals surface area contributed by atoms with Crippen molar-refractivity contribution in [2.45, 2.75) is 26.6 Å². The predicted molar refractivity (Wildman–Crippen MR) is 85.4 cm³/mol. The highest BCUT2D eigenvalue weighted by molar-refractivity contribution is 6.33. The molecule has 1 heterocycles. The minimum Gasteiger partial charge on any atom is -0.458 e. The van der Waals surface area contributed by atoms with Gasteiger partial charge in [0.2, 0.25) is 0 Å². The molecule has 5 nitrogen and oxygen atoms in total. The van der Waals surface area contributed by atoms with Crippen molar-refractivity contribution in [3.8, 4) is 0 Å². The van der Waals surface area contributed by atoms with E-state index in [2.05, 4.69) is 4.98 Å². The van der Waals surface area contributed by atoms with E-state index in [-0.39, 0.29) is 29.0 Å². The lowest BCUT2D eigenvalue weighted by molar-refractivity contribution is 0.0368. The van der Waals surface area contributed by atoms with Crippen molar-refractivity contribution in [1.29, 1.82) is 0 Å². The van der Waals surface area contributed by atoms with Crippen LogP contribution >= 0.6 is 11.6 Å². The number of nitrogens with zero attached hydrogens (tertiary/aromatic N) is 1. The molecule has 0 saturated heterocycles. The molecule has 0 unspecified atom stereocenters. The van der Waals surface area contributed by atoms with Gasteiger partial charge >= 0.3 is 11.9 Å². The Morgan fingerprint density at radius 2 is 1.87 bits per heavy atom. The monoisotopic (exact) mass is 333 g/mol. The molecular weight excluding hydrogens is 318 g/mol. The summed E-state index contributed by atoms with van der Waals surface area (Å²) in [6, 6.07) is 10.6. The summed E-state index contributed by atoms with van der Waals surface area (Å²) < 4.78 is 10.2. The van der Waals surface area contributed by atoms with E-state index < -0.39 is 11.9 Å². The summed E-state index contributed by atoms with van der Waals surface area (Å²) in [6.45, 7) is 3.59. The quantitative estimate of drug-likeness (QED) is 0.781. The van der Waals surface area contributed by atoms with Crippen LogP contribution in [0.2, 0.25) is 5.02 Å². The Kier molecular flexibility index (Phi) is 5.71. The van der Waals surface area contributed by atoms with Gasteiger partial charge in [0.25, 0.3) is 0 Å². The molecular formula is C17H16ClNO4. The van der Waals surface area contributed by atoms with Gasteiger partial charge < -0.3 is 9.47 Å². The molecule has 0 radical (unpaired) electrons. The number of carbonyl (C=O) groups excluding carboxylic acids is 2. The van der Waals surface area contributed by atoms with Gasteiger partial charge in [-0.3, -0.25) is 0 Å². The summed E-state index contributed by atoms with van der Waals surface area (Å²) in [5.74, 6) is -1.19. The molecule has 0 aliphatic carbocycles. The number of hydrogen-bond donors (Lipinski definition) is 0. The molecule has 2 aromatic rings. The highest BCUT2D eigenvalue weighted by atomic mass is 35.5. The van der Waals surface area contributed by atoms with Crippen LogP contribution in [-0.2, 0) is 16.1 Å². The highest BCUT2D eigenvalue weighted by Gasteiger charge is 2.17. The lowest BCUT2D eigenvalue weighted by Gasteiger charge is -2.09. The number of halogens is 1. The Balaban J connectivity index is 2.05. The van der Waals surface area contributed by atoms with Gasteiger partial charge in [-0.15, -0.1) is 0 Å². The first-order valence-electron chi connectivity index (χ1n) is 7.05. The van der Waals surface area contributed by atoms with Crippen LogP contribution in [0, 0.1) is 0 Å². The van der Waals surface area contributed by atoms with Crippen LogP contribution in [0.25, 0.3) is 0 Å². The maximum Gasteiger partial charge on any atom is 0.357 e. The molecule has 1 aromatic heterocycles. The number of rotatable bonds is 5. The second-order valence-electron chi connectivity index (χ2n) is 5.07. The van der Waals surface area contributed by atoms with Crippen LogP contribution in [0.3, 0.4) is 0 Å². The van der Waals surface area contributed by atoms with Crippen LogP contribution < -0.4 is 0 Å². The number of pyridine rings is 1. The Morgan fingerprint density at radius 3 is 2.48 bits per heavy atom. The molecule has 0 aliphatic rings. The van der Waals surface area contributed by atoms with Crippen molar-refractivity contribution >= 4 is 23.5 Å². The van der Waals surface area contributed by atoms with Gasteiger partial charge in [0.1, 0.15) is 12.3 Å². The Bertz CT molecular complexity index is 701. The topological polar surface area (TPSA) is 65.5 Å². The number of esters is 2. The van der Waals surface area contributed by atoms with Crippen LogP contribution in [0.1, 0.15) is 40.3 Å². The largest absolute Gasteiger partial charge is 0.458 e. The summed E-state index contributed by atoms with van der Waals surface area (Å²) in [6.07, 6.45) is 0.950. The van der Waals surface area contributed by atoms with Gasteiger partial charge in [-0.2, -0.15) is 0 Å². The van der Waals surface area contributed by atoms with Gasteiger partial charge in [0.15, 0.2) is 0 Å². The van der Waals surface area contributed by atoms with Gasteiger partial charge in [-0.25, -0.2) is 14.6 Å². The lowest BCUT2D eigenvalue weighted by atomic mass is 10.2. The molecule has 6 heteroatoms. The van der Waals surface area contributed by atoms with Crippen LogP contribution in [0.15, 0.2) is 42.6 Å². The Morgan fingerprint density at radius 1 is 1.17 bits per heavy atom. The zero-order valence-electron chi connectivity index (χ0n) is 12.8. The number of benzene rings is 1. The fraction of sp³-hybridized carbons (Fsp3) is 0.235. The first-order chi connectivity index (χ1) is 11.0. The molecule has 0 atom stereocenters. The highest BCUT2D eigenvalue weighted by Crippen LogP contribution is 2.18. The first-order valence-corrected chi connectivity index (χ1v) is 7.42. The summed E-state index contributed by atoms with van der Waals surface area (Å²) in [5.41, 5.74) is 1.01. The average Bonchev–Trinajstić information content (AvgIpc) is 2.53. The summed E-state index contributed by atoms with van der Waals surface area (Å²) in [4.78, 5) is 27.7. The molecule has 0 amide bonds.